The molecule has 1 heterocycles. The second-order valence-electron chi connectivity index (χ2n) is 7.38. The molecule has 27 heavy (non-hydrogen) atoms. The number of phenols is 1. The highest BCUT2D eigenvalue weighted by molar-refractivity contribution is 5.94. The number of rotatable bonds is 7. The number of aliphatic hydroxyl groups is 1. The summed E-state index contributed by atoms with van der Waals surface area (Å²) < 4.78 is 0. The van der Waals surface area contributed by atoms with Gasteiger partial charge in [-0.05, 0) is 55.6 Å². The highest BCUT2D eigenvalue weighted by Crippen LogP contribution is 2.26. The Morgan fingerprint density at radius 3 is 2.37 bits per heavy atom. The van der Waals surface area contributed by atoms with Crippen LogP contribution >= 0.6 is 0 Å². The van der Waals surface area contributed by atoms with Crippen LogP contribution in [0.4, 0.5) is 0 Å². The third kappa shape index (κ3) is 5.81. The lowest BCUT2D eigenvalue weighted by molar-refractivity contribution is -0.0206. The molecule has 0 bridgehead atoms. The van der Waals surface area contributed by atoms with E-state index in [4.69, 9.17) is 0 Å². The van der Waals surface area contributed by atoms with Crippen molar-refractivity contribution in [3.63, 3.8) is 0 Å². The van der Waals surface area contributed by atoms with Crippen molar-refractivity contribution in [3.05, 3.63) is 65.7 Å². The Labute approximate surface area is 160 Å². The number of hydrogen-bond acceptors (Lipinski definition) is 4. The first-order valence-corrected chi connectivity index (χ1v) is 9.60. The Morgan fingerprint density at radius 2 is 1.70 bits per heavy atom. The number of nitrogens with one attached hydrogen (secondary N) is 1. The maximum atomic E-state index is 12.0. The summed E-state index contributed by atoms with van der Waals surface area (Å²) in [6.07, 6.45) is 3.15. The summed E-state index contributed by atoms with van der Waals surface area (Å²) in [5.74, 6) is 0.0368. The Kier molecular flexibility index (Phi) is 6.48. The molecule has 1 amide bonds. The summed E-state index contributed by atoms with van der Waals surface area (Å²) in [6.45, 7) is 3.30. The molecule has 0 spiro atoms. The molecule has 1 fully saturated rings. The van der Waals surface area contributed by atoms with E-state index in [2.05, 4.69) is 22.3 Å². The number of phenolic OH excluding ortho intramolecular Hbond substituents is 1. The predicted molar refractivity (Wildman–Crippen MR) is 106 cm³/mol. The Hall–Kier alpha value is -2.37. The number of likely N-dealkylation sites (tertiary alicyclic amines) is 1. The van der Waals surface area contributed by atoms with Crippen LogP contribution in [0.1, 0.15) is 35.2 Å². The molecule has 0 radical (unpaired) electrons. The number of carbonyl (C=O) groups is 1. The van der Waals surface area contributed by atoms with E-state index >= 15 is 0 Å². The number of nitrogens with zero attached hydrogens (tertiary/aromatic N) is 1. The van der Waals surface area contributed by atoms with Gasteiger partial charge in [0.1, 0.15) is 5.75 Å². The summed E-state index contributed by atoms with van der Waals surface area (Å²) in [6, 6.07) is 16.4. The van der Waals surface area contributed by atoms with Crippen LogP contribution in [0.25, 0.3) is 0 Å². The van der Waals surface area contributed by atoms with Crippen molar-refractivity contribution in [1.29, 1.82) is 0 Å². The fraction of sp³-hybridized carbons (Fsp3) is 0.409. The molecule has 0 atom stereocenters. The smallest absolute Gasteiger partial charge is 0.251 e. The minimum absolute atomic E-state index is 0.120. The van der Waals surface area contributed by atoms with Gasteiger partial charge in [0.2, 0.25) is 0 Å². The Balaban J connectivity index is 1.35. The van der Waals surface area contributed by atoms with Crippen LogP contribution in [-0.4, -0.2) is 52.8 Å². The zero-order valence-electron chi connectivity index (χ0n) is 15.6. The lowest BCUT2D eigenvalue weighted by Crippen LogP contribution is -2.46. The maximum Gasteiger partial charge on any atom is 0.251 e. The van der Waals surface area contributed by atoms with Gasteiger partial charge in [0.05, 0.1) is 5.60 Å². The van der Waals surface area contributed by atoms with Crippen LogP contribution in [0.15, 0.2) is 54.6 Å². The first-order valence-electron chi connectivity index (χ1n) is 9.60. The third-order valence-corrected chi connectivity index (χ3v) is 5.23. The van der Waals surface area contributed by atoms with E-state index in [1.54, 1.807) is 12.1 Å². The maximum absolute atomic E-state index is 12.0. The number of piperidine rings is 1. The molecular weight excluding hydrogens is 340 g/mol. The molecule has 1 saturated heterocycles. The standard InChI is InChI=1S/C22H28N2O3/c25-20-9-7-19(8-10-20)21(26)23-13-4-14-24-15-11-22(27,12-16-24)17-18-5-2-1-3-6-18/h1-3,5-10,25,27H,4,11-17H2,(H,23,26). The van der Waals surface area contributed by atoms with Crippen LogP contribution < -0.4 is 5.32 Å². The zero-order valence-corrected chi connectivity index (χ0v) is 15.6. The lowest BCUT2D eigenvalue weighted by Gasteiger charge is -2.38. The lowest BCUT2D eigenvalue weighted by atomic mass is 9.85. The van der Waals surface area contributed by atoms with E-state index in [1.165, 1.54) is 17.7 Å². The van der Waals surface area contributed by atoms with Crippen molar-refractivity contribution in [2.75, 3.05) is 26.2 Å². The minimum Gasteiger partial charge on any atom is -0.508 e. The van der Waals surface area contributed by atoms with Gasteiger partial charge in [-0.3, -0.25) is 4.79 Å². The van der Waals surface area contributed by atoms with Crippen molar-refractivity contribution in [3.8, 4) is 5.75 Å². The average molecular weight is 368 g/mol. The topological polar surface area (TPSA) is 72.8 Å². The molecule has 5 heteroatoms. The largest absolute Gasteiger partial charge is 0.508 e. The molecule has 0 saturated carbocycles. The fourth-order valence-electron chi connectivity index (χ4n) is 3.56. The number of benzene rings is 2. The molecule has 0 aromatic heterocycles. The van der Waals surface area contributed by atoms with Gasteiger partial charge in [0, 0.05) is 31.6 Å². The van der Waals surface area contributed by atoms with Crippen molar-refractivity contribution >= 4 is 5.91 Å². The molecule has 3 N–H and O–H groups in total. The van der Waals surface area contributed by atoms with Gasteiger partial charge < -0.3 is 20.4 Å². The Morgan fingerprint density at radius 1 is 1.04 bits per heavy atom. The van der Waals surface area contributed by atoms with E-state index in [9.17, 15) is 15.0 Å². The highest BCUT2D eigenvalue weighted by atomic mass is 16.3. The van der Waals surface area contributed by atoms with E-state index in [0.717, 1.165) is 38.9 Å². The molecule has 5 nitrogen and oxygen atoms in total. The van der Waals surface area contributed by atoms with Crippen molar-refractivity contribution in [2.45, 2.75) is 31.3 Å². The summed E-state index contributed by atoms with van der Waals surface area (Å²) in [4.78, 5) is 14.4. The second-order valence-corrected chi connectivity index (χ2v) is 7.38. The van der Waals surface area contributed by atoms with E-state index in [1.807, 2.05) is 18.2 Å². The molecule has 2 aromatic rings. The number of amides is 1. The van der Waals surface area contributed by atoms with E-state index in [-0.39, 0.29) is 11.7 Å². The quantitative estimate of drug-likeness (QED) is 0.657. The summed E-state index contributed by atoms with van der Waals surface area (Å²) in [5, 5.41) is 23.0. The molecule has 0 unspecified atom stereocenters. The van der Waals surface area contributed by atoms with Gasteiger partial charge >= 0.3 is 0 Å². The molecule has 1 aliphatic rings. The molecule has 2 aromatic carbocycles. The van der Waals surface area contributed by atoms with E-state index in [0.29, 0.717) is 18.5 Å². The molecule has 144 valence electrons. The monoisotopic (exact) mass is 368 g/mol. The highest BCUT2D eigenvalue weighted by Gasteiger charge is 2.32. The fourth-order valence-corrected chi connectivity index (χ4v) is 3.56. The van der Waals surface area contributed by atoms with E-state index < -0.39 is 5.60 Å². The third-order valence-electron chi connectivity index (χ3n) is 5.23. The first-order chi connectivity index (χ1) is 13.0. The molecule has 3 rings (SSSR count). The SMILES string of the molecule is O=C(NCCCN1CCC(O)(Cc2ccccc2)CC1)c1ccc(O)cc1. The van der Waals surface area contributed by atoms with Gasteiger partial charge in [-0.2, -0.15) is 0 Å². The van der Waals surface area contributed by atoms with Gasteiger partial charge in [0.25, 0.3) is 5.91 Å². The number of aromatic hydroxyl groups is 1. The zero-order chi connectivity index (χ0) is 19.1. The summed E-state index contributed by atoms with van der Waals surface area (Å²) in [5.41, 5.74) is 1.13. The molecule has 1 aliphatic heterocycles. The van der Waals surface area contributed by atoms with Crippen molar-refractivity contribution < 1.29 is 15.0 Å². The van der Waals surface area contributed by atoms with Crippen LogP contribution in [0.3, 0.4) is 0 Å². The molecule has 0 aliphatic carbocycles. The summed E-state index contributed by atoms with van der Waals surface area (Å²) in [7, 11) is 0. The number of hydrogen-bond donors (Lipinski definition) is 3. The first kappa shape index (κ1) is 19.4. The molecular formula is C22H28N2O3. The normalized spacial score (nSPS) is 16.8. The number of carbonyl (C=O) groups excluding carboxylic acids is 1. The van der Waals surface area contributed by atoms with Crippen LogP contribution in [0.5, 0.6) is 5.75 Å². The van der Waals surface area contributed by atoms with Crippen LogP contribution in [0.2, 0.25) is 0 Å². The predicted octanol–water partition coefficient (Wildman–Crippen LogP) is 2.58. The van der Waals surface area contributed by atoms with Gasteiger partial charge in [0.15, 0.2) is 0 Å². The van der Waals surface area contributed by atoms with Gasteiger partial charge in [-0.15, -0.1) is 0 Å². The van der Waals surface area contributed by atoms with Gasteiger partial charge in [-0.25, -0.2) is 0 Å². The van der Waals surface area contributed by atoms with Crippen LogP contribution in [-0.2, 0) is 6.42 Å². The van der Waals surface area contributed by atoms with Gasteiger partial charge in [-0.1, -0.05) is 30.3 Å². The van der Waals surface area contributed by atoms with Crippen LogP contribution in [0, 0.1) is 0 Å². The van der Waals surface area contributed by atoms with Crippen molar-refractivity contribution in [1.82, 2.24) is 10.2 Å². The van der Waals surface area contributed by atoms with Crippen molar-refractivity contribution in [2.24, 2.45) is 0 Å². The minimum atomic E-state index is -0.606. The average Bonchev–Trinajstić information content (AvgIpc) is 2.68. The summed E-state index contributed by atoms with van der Waals surface area (Å²) >= 11 is 0. The second kappa shape index (κ2) is 9.02. The Bertz CT molecular complexity index is 723.